The molecule has 2 fully saturated rings. The quantitative estimate of drug-likeness (QED) is 0.489. The third-order valence-corrected chi connectivity index (χ3v) is 5.05. The Labute approximate surface area is 121 Å². The minimum atomic E-state index is -3.14. The van der Waals surface area contributed by atoms with Crippen LogP contribution in [-0.4, -0.2) is 39.8 Å². The lowest BCUT2D eigenvalue weighted by Crippen LogP contribution is -2.43. The highest BCUT2D eigenvalue weighted by atomic mass is 32.2. The molecule has 20 heavy (non-hydrogen) atoms. The Bertz CT molecular complexity index is 445. The molecule has 116 valence electrons. The van der Waals surface area contributed by atoms with Crippen LogP contribution < -0.4 is 15.8 Å². The molecule has 7 heteroatoms. The third kappa shape index (κ3) is 4.94. The molecular weight excluding hydrogens is 276 g/mol. The van der Waals surface area contributed by atoms with Gasteiger partial charge < -0.3 is 11.1 Å². The number of sulfonamides is 1. The molecule has 0 bridgehead atoms. The second-order valence-corrected chi connectivity index (χ2v) is 7.87. The fourth-order valence-corrected chi connectivity index (χ4v) is 3.77. The van der Waals surface area contributed by atoms with Crippen LogP contribution in [0.4, 0.5) is 0 Å². The molecular formula is C13H26N4O2S. The number of hydrogen-bond acceptors (Lipinski definition) is 3. The topological polar surface area (TPSA) is 96.6 Å². The molecule has 0 aromatic carbocycles. The van der Waals surface area contributed by atoms with Gasteiger partial charge in [-0.3, -0.25) is 4.99 Å². The molecule has 0 saturated heterocycles. The third-order valence-electron chi connectivity index (χ3n) is 4.31. The van der Waals surface area contributed by atoms with Gasteiger partial charge in [0.15, 0.2) is 5.96 Å². The molecule has 2 aliphatic rings. The number of rotatable bonds is 6. The molecule has 0 aromatic heterocycles. The number of nitrogens with zero attached hydrogens (tertiary/aromatic N) is 1. The van der Waals surface area contributed by atoms with Gasteiger partial charge in [-0.15, -0.1) is 0 Å². The van der Waals surface area contributed by atoms with Crippen molar-refractivity contribution < 1.29 is 8.42 Å². The molecule has 0 radical (unpaired) electrons. The second kappa shape index (κ2) is 6.76. The second-order valence-electron chi connectivity index (χ2n) is 6.09. The Balaban J connectivity index is 1.74. The summed E-state index contributed by atoms with van der Waals surface area (Å²) in [6.07, 6.45) is 8.03. The van der Waals surface area contributed by atoms with E-state index < -0.39 is 10.0 Å². The van der Waals surface area contributed by atoms with Gasteiger partial charge in [0, 0.05) is 19.1 Å². The molecule has 6 nitrogen and oxygen atoms in total. The van der Waals surface area contributed by atoms with Crippen molar-refractivity contribution in [3.05, 3.63) is 0 Å². The lowest BCUT2D eigenvalue weighted by Gasteiger charge is -2.24. The van der Waals surface area contributed by atoms with E-state index in [1.807, 2.05) is 0 Å². The maximum atomic E-state index is 11.3. The van der Waals surface area contributed by atoms with Gasteiger partial charge in [-0.05, 0) is 37.5 Å². The largest absolute Gasteiger partial charge is 0.370 e. The molecule has 2 saturated carbocycles. The van der Waals surface area contributed by atoms with Crippen LogP contribution in [0.3, 0.4) is 0 Å². The molecule has 2 aliphatic carbocycles. The van der Waals surface area contributed by atoms with Gasteiger partial charge in [0.05, 0.1) is 6.26 Å². The predicted molar refractivity (Wildman–Crippen MR) is 80.9 cm³/mol. The van der Waals surface area contributed by atoms with Crippen LogP contribution in [0.5, 0.6) is 0 Å². The smallest absolute Gasteiger partial charge is 0.208 e. The fraction of sp³-hybridized carbons (Fsp3) is 0.923. The summed E-state index contributed by atoms with van der Waals surface area (Å²) in [7, 11) is -3.14. The van der Waals surface area contributed by atoms with Gasteiger partial charge in [0.2, 0.25) is 10.0 Å². The maximum Gasteiger partial charge on any atom is 0.208 e. The van der Waals surface area contributed by atoms with Gasteiger partial charge in [-0.1, -0.05) is 12.8 Å². The summed E-state index contributed by atoms with van der Waals surface area (Å²) in [5.74, 6) is 1.49. The summed E-state index contributed by atoms with van der Waals surface area (Å²) < 4.78 is 25.3. The van der Waals surface area contributed by atoms with E-state index in [1.54, 1.807) is 0 Å². The Morgan fingerprint density at radius 2 is 1.95 bits per heavy atom. The zero-order chi connectivity index (χ0) is 14.6. The van der Waals surface area contributed by atoms with Crippen molar-refractivity contribution in [3.63, 3.8) is 0 Å². The van der Waals surface area contributed by atoms with Crippen molar-refractivity contribution in [2.75, 3.05) is 19.3 Å². The standard InChI is InChI=1S/C13H26N4O2S/c1-20(18,19)17-12-7-3-6-11(12)9-16-13(14)15-8-10-4-2-5-10/h10-12,17H,2-9H2,1H3,(H3,14,15,16). The Hall–Kier alpha value is -0.820. The van der Waals surface area contributed by atoms with Crippen molar-refractivity contribution in [2.24, 2.45) is 22.6 Å². The summed E-state index contributed by atoms with van der Waals surface area (Å²) >= 11 is 0. The van der Waals surface area contributed by atoms with Crippen molar-refractivity contribution >= 4 is 16.0 Å². The van der Waals surface area contributed by atoms with Crippen molar-refractivity contribution in [2.45, 2.75) is 44.6 Å². The van der Waals surface area contributed by atoms with Crippen molar-refractivity contribution in [1.82, 2.24) is 10.0 Å². The SMILES string of the molecule is CS(=O)(=O)NC1CCCC1CNC(N)=NCC1CCC1. The average molecular weight is 302 g/mol. The minimum absolute atomic E-state index is 0.0249. The summed E-state index contributed by atoms with van der Waals surface area (Å²) in [5.41, 5.74) is 5.85. The van der Waals surface area contributed by atoms with Crippen LogP contribution in [0.1, 0.15) is 38.5 Å². The van der Waals surface area contributed by atoms with Crippen LogP contribution in [0.25, 0.3) is 0 Å². The molecule has 0 aliphatic heterocycles. The minimum Gasteiger partial charge on any atom is -0.370 e. The molecule has 0 heterocycles. The van der Waals surface area contributed by atoms with Crippen LogP contribution in [-0.2, 0) is 10.0 Å². The first-order chi connectivity index (χ1) is 9.44. The first kappa shape index (κ1) is 15.6. The maximum absolute atomic E-state index is 11.3. The molecule has 0 aromatic rings. The monoisotopic (exact) mass is 302 g/mol. The van der Waals surface area contributed by atoms with E-state index >= 15 is 0 Å². The van der Waals surface area contributed by atoms with Crippen molar-refractivity contribution in [3.8, 4) is 0 Å². The zero-order valence-corrected chi connectivity index (χ0v) is 13.0. The molecule has 0 spiro atoms. The lowest BCUT2D eigenvalue weighted by atomic mass is 9.86. The Morgan fingerprint density at radius 3 is 2.55 bits per heavy atom. The van der Waals surface area contributed by atoms with E-state index in [0.717, 1.165) is 25.8 Å². The van der Waals surface area contributed by atoms with Gasteiger partial charge in [0.1, 0.15) is 0 Å². The normalized spacial score (nSPS) is 28.4. The van der Waals surface area contributed by atoms with E-state index in [1.165, 1.54) is 25.5 Å². The van der Waals surface area contributed by atoms with Crippen LogP contribution >= 0.6 is 0 Å². The predicted octanol–water partition coefficient (Wildman–Crippen LogP) is 0.409. The summed E-state index contributed by atoms with van der Waals surface area (Å²) in [4.78, 5) is 4.35. The highest BCUT2D eigenvalue weighted by Gasteiger charge is 2.29. The van der Waals surface area contributed by atoms with Crippen LogP contribution in [0.2, 0.25) is 0 Å². The van der Waals surface area contributed by atoms with Crippen LogP contribution in [0.15, 0.2) is 4.99 Å². The molecule has 2 atom stereocenters. The van der Waals surface area contributed by atoms with Crippen LogP contribution in [0, 0.1) is 11.8 Å². The van der Waals surface area contributed by atoms with Gasteiger partial charge in [-0.25, -0.2) is 13.1 Å². The molecule has 2 rings (SSSR count). The summed E-state index contributed by atoms with van der Waals surface area (Å²) in [6, 6.07) is 0.0249. The number of hydrogen-bond donors (Lipinski definition) is 3. The van der Waals surface area contributed by atoms with Gasteiger partial charge in [0.25, 0.3) is 0 Å². The number of aliphatic imine (C=N–C) groups is 1. The van der Waals surface area contributed by atoms with Gasteiger partial charge >= 0.3 is 0 Å². The fourth-order valence-electron chi connectivity index (χ4n) is 2.91. The van der Waals surface area contributed by atoms with E-state index in [0.29, 0.717) is 24.3 Å². The lowest BCUT2D eigenvalue weighted by molar-refractivity contribution is 0.326. The summed E-state index contributed by atoms with van der Waals surface area (Å²) in [5, 5.41) is 3.14. The average Bonchev–Trinajstić information content (AvgIpc) is 2.69. The van der Waals surface area contributed by atoms with E-state index in [9.17, 15) is 8.42 Å². The first-order valence-electron chi connectivity index (χ1n) is 7.45. The van der Waals surface area contributed by atoms with E-state index in [-0.39, 0.29) is 6.04 Å². The van der Waals surface area contributed by atoms with E-state index in [4.69, 9.17) is 5.73 Å². The highest BCUT2D eigenvalue weighted by Crippen LogP contribution is 2.26. The molecule has 2 unspecified atom stereocenters. The summed E-state index contributed by atoms with van der Waals surface area (Å²) in [6.45, 7) is 1.50. The number of nitrogens with one attached hydrogen (secondary N) is 2. The highest BCUT2D eigenvalue weighted by molar-refractivity contribution is 7.88. The first-order valence-corrected chi connectivity index (χ1v) is 9.34. The molecule has 4 N–H and O–H groups in total. The Morgan fingerprint density at radius 1 is 1.25 bits per heavy atom. The van der Waals surface area contributed by atoms with E-state index in [2.05, 4.69) is 15.0 Å². The number of guanidine groups is 1. The molecule has 0 amide bonds. The zero-order valence-electron chi connectivity index (χ0n) is 12.1. The van der Waals surface area contributed by atoms with Gasteiger partial charge in [-0.2, -0.15) is 0 Å². The number of nitrogens with two attached hydrogens (primary N) is 1. The van der Waals surface area contributed by atoms with Crippen molar-refractivity contribution in [1.29, 1.82) is 0 Å². The Kier molecular flexibility index (Phi) is 5.26.